The van der Waals surface area contributed by atoms with E-state index in [-0.39, 0.29) is 22.6 Å². The first-order valence-corrected chi connectivity index (χ1v) is 12.0. The van der Waals surface area contributed by atoms with Crippen molar-refractivity contribution in [2.24, 2.45) is 0 Å². The standard InChI is InChI=1S/C24H28N2O3S/c1-6-19-13-16(3)14-20(7-2)21(19)22-23(30(5,28)29)17(4)25-26(24(22)27)15-18-11-9-8-10-12-18/h8-14H,6-7,15H2,1-5H3. The maximum absolute atomic E-state index is 13.7. The van der Waals surface area contributed by atoms with Crippen molar-refractivity contribution < 1.29 is 8.42 Å². The van der Waals surface area contributed by atoms with Crippen LogP contribution in [0.2, 0.25) is 0 Å². The highest BCUT2D eigenvalue weighted by Crippen LogP contribution is 2.33. The van der Waals surface area contributed by atoms with Gasteiger partial charge in [0.15, 0.2) is 9.84 Å². The van der Waals surface area contributed by atoms with Gasteiger partial charge in [-0.1, -0.05) is 61.9 Å². The molecular formula is C24H28N2O3S. The predicted molar refractivity (Wildman–Crippen MR) is 121 cm³/mol. The molecule has 30 heavy (non-hydrogen) atoms. The Labute approximate surface area is 178 Å². The predicted octanol–water partition coefficient (Wildman–Crippen LogP) is 4.10. The molecule has 1 aromatic heterocycles. The molecule has 0 aliphatic rings. The third-order valence-electron chi connectivity index (χ3n) is 5.28. The summed E-state index contributed by atoms with van der Waals surface area (Å²) >= 11 is 0. The lowest BCUT2D eigenvalue weighted by atomic mass is 9.90. The van der Waals surface area contributed by atoms with Gasteiger partial charge in [0, 0.05) is 6.26 Å². The molecule has 5 nitrogen and oxygen atoms in total. The lowest BCUT2D eigenvalue weighted by Gasteiger charge is -2.19. The van der Waals surface area contributed by atoms with E-state index >= 15 is 0 Å². The van der Waals surface area contributed by atoms with Gasteiger partial charge < -0.3 is 0 Å². The molecule has 0 spiro atoms. The van der Waals surface area contributed by atoms with Crippen molar-refractivity contribution in [1.82, 2.24) is 9.78 Å². The van der Waals surface area contributed by atoms with Crippen LogP contribution in [0, 0.1) is 13.8 Å². The van der Waals surface area contributed by atoms with E-state index in [2.05, 4.69) is 5.10 Å². The highest BCUT2D eigenvalue weighted by Gasteiger charge is 2.27. The van der Waals surface area contributed by atoms with Gasteiger partial charge >= 0.3 is 0 Å². The van der Waals surface area contributed by atoms with Gasteiger partial charge in [-0.15, -0.1) is 0 Å². The molecule has 0 saturated heterocycles. The molecule has 0 aliphatic carbocycles. The zero-order valence-electron chi connectivity index (χ0n) is 18.2. The molecule has 2 aromatic carbocycles. The third-order valence-corrected chi connectivity index (χ3v) is 6.52. The number of hydrogen-bond acceptors (Lipinski definition) is 4. The summed E-state index contributed by atoms with van der Waals surface area (Å²) in [6, 6.07) is 13.7. The van der Waals surface area contributed by atoms with Gasteiger partial charge in [0.1, 0.15) is 4.90 Å². The molecule has 158 valence electrons. The van der Waals surface area contributed by atoms with Crippen LogP contribution in [0.5, 0.6) is 0 Å². The summed E-state index contributed by atoms with van der Waals surface area (Å²) in [6.45, 7) is 8.01. The van der Waals surface area contributed by atoms with Crippen molar-refractivity contribution in [2.45, 2.75) is 52.0 Å². The molecule has 3 rings (SSSR count). The molecule has 3 aromatic rings. The van der Waals surface area contributed by atoms with E-state index in [1.807, 2.05) is 63.2 Å². The maximum Gasteiger partial charge on any atom is 0.276 e. The van der Waals surface area contributed by atoms with Gasteiger partial charge in [-0.2, -0.15) is 5.10 Å². The minimum absolute atomic E-state index is 0.0325. The first-order valence-electron chi connectivity index (χ1n) is 10.2. The summed E-state index contributed by atoms with van der Waals surface area (Å²) in [4.78, 5) is 13.7. The Kier molecular flexibility index (Phi) is 6.27. The van der Waals surface area contributed by atoms with Crippen LogP contribution >= 0.6 is 0 Å². The lowest BCUT2D eigenvalue weighted by Crippen LogP contribution is -2.29. The van der Waals surface area contributed by atoms with Crippen LogP contribution in [0.4, 0.5) is 0 Å². The quantitative estimate of drug-likeness (QED) is 0.597. The average Bonchev–Trinajstić information content (AvgIpc) is 2.69. The minimum Gasteiger partial charge on any atom is -0.267 e. The second kappa shape index (κ2) is 8.56. The molecule has 0 aliphatic heterocycles. The largest absolute Gasteiger partial charge is 0.276 e. The van der Waals surface area contributed by atoms with Crippen LogP contribution in [-0.2, 0) is 29.2 Å². The number of benzene rings is 2. The molecule has 1 heterocycles. The Balaban J connectivity index is 2.43. The van der Waals surface area contributed by atoms with Gasteiger partial charge in [-0.25, -0.2) is 13.1 Å². The Bertz CT molecular complexity index is 1220. The van der Waals surface area contributed by atoms with E-state index in [0.717, 1.165) is 34.1 Å². The van der Waals surface area contributed by atoms with E-state index in [1.165, 1.54) is 4.68 Å². The summed E-state index contributed by atoms with van der Waals surface area (Å²) in [5.41, 5.74) is 4.93. The van der Waals surface area contributed by atoms with E-state index in [4.69, 9.17) is 0 Å². The van der Waals surface area contributed by atoms with Crippen molar-refractivity contribution in [3.05, 3.63) is 80.8 Å². The molecule has 0 unspecified atom stereocenters. The first kappa shape index (κ1) is 22.0. The number of nitrogens with zero attached hydrogens (tertiary/aromatic N) is 2. The normalized spacial score (nSPS) is 11.6. The molecule has 0 radical (unpaired) electrons. The smallest absolute Gasteiger partial charge is 0.267 e. The molecule has 0 bridgehead atoms. The van der Waals surface area contributed by atoms with E-state index < -0.39 is 9.84 Å². The molecule has 0 fully saturated rings. The topological polar surface area (TPSA) is 69.0 Å². The summed E-state index contributed by atoms with van der Waals surface area (Å²) in [6.07, 6.45) is 2.55. The highest BCUT2D eigenvalue weighted by atomic mass is 32.2. The van der Waals surface area contributed by atoms with Crippen LogP contribution in [0.3, 0.4) is 0 Å². The summed E-state index contributed by atoms with van der Waals surface area (Å²) in [5, 5.41) is 4.37. The minimum atomic E-state index is -3.66. The number of aryl methyl sites for hydroxylation is 4. The first-order chi connectivity index (χ1) is 14.2. The van der Waals surface area contributed by atoms with Crippen LogP contribution < -0.4 is 5.56 Å². The molecule has 0 atom stereocenters. The van der Waals surface area contributed by atoms with Crippen molar-refractivity contribution in [2.75, 3.05) is 6.26 Å². The molecule has 0 saturated carbocycles. The van der Waals surface area contributed by atoms with Crippen molar-refractivity contribution in [3.8, 4) is 11.1 Å². The maximum atomic E-state index is 13.7. The number of sulfone groups is 1. The zero-order chi connectivity index (χ0) is 22.1. The van der Waals surface area contributed by atoms with E-state index in [0.29, 0.717) is 18.5 Å². The Hall–Kier alpha value is -2.73. The molecule has 6 heteroatoms. The monoisotopic (exact) mass is 424 g/mol. The van der Waals surface area contributed by atoms with Gasteiger partial charge in [0.05, 0.1) is 17.8 Å². The van der Waals surface area contributed by atoms with Gasteiger partial charge in [0.25, 0.3) is 5.56 Å². The van der Waals surface area contributed by atoms with Crippen molar-refractivity contribution in [1.29, 1.82) is 0 Å². The molecule has 0 amide bonds. The third kappa shape index (κ3) is 4.24. The van der Waals surface area contributed by atoms with Gasteiger partial charge in [0.2, 0.25) is 0 Å². The lowest BCUT2D eigenvalue weighted by molar-refractivity contribution is 0.590. The van der Waals surface area contributed by atoms with Crippen molar-refractivity contribution >= 4 is 9.84 Å². The summed E-state index contributed by atoms with van der Waals surface area (Å²) in [5.74, 6) is 0. The fourth-order valence-corrected chi connectivity index (χ4v) is 5.17. The number of rotatable bonds is 6. The van der Waals surface area contributed by atoms with Crippen molar-refractivity contribution in [3.63, 3.8) is 0 Å². The van der Waals surface area contributed by atoms with Gasteiger partial charge in [-0.05, 0) is 48.9 Å². The number of aromatic nitrogens is 2. The second-order valence-corrected chi connectivity index (χ2v) is 9.63. The van der Waals surface area contributed by atoms with E-state index in [9.17, 15) is 13.2 Å². The van der Waals surface area contributed by atoms with Crippen LogP contribution in [0.25, 0.3) is 11.1 Å². The van der Waals surface area contributed by atoms with Crippen LogP contribution in [0.15, 0.2) is 52.2 Å². The average molecular weight is 425 g/mol. The fourth-order valence-electron chi connectivity index (χ4n) is 4.04. The molecule has 0 N–H and O–H groups in total. The Morgan fingerprint density at radius 3 is 2.00 bits per heavy atom. The SMILES string of the molecule is CCc1cc(C)cc(CC)c1-c1c(S(C)(=O)=O)c(C)nn(Cc2ccccc2)c1=O. The highest BCUT2D eigenvalue weighted by molar-refractivity contribution is 7.90. The fraction of sp³-hybridized carbons (Fsp3) is 0.333. The molecular weight excluding hydrogens is 396 g/mol. The summed E-state index contributed by atoms with van der Waals surface area (Å²) < 4.78 is 26.9. The Morgan fingerprint density at radius 1 is 0.933 bits per heavy atom. The zero-order valence-corrected chi connectivity index (χ0v) is 19.0. The Morgan fingerprint density at radius 2 is 1.50 bits per heavy atom. The number of hydrogen-bond donors (Lipinski definition) is 0. The van der Waals surface area contributed by atoms with E-state index in [1.54, 1.807) is 6.92 Å². The van der Waals surface area contributed by atoms with Crippen LogP contribution in [-0.4, -0.2) is 24.5 Å². The van der Waals surface area contributed by atoms with Crippen LogP contribution in [0.1, 0.15) is 41.8 Å². The summed E-state index contributed by atoms with van der Waals surface area (Å²) in [7, 11) is -3.66. The second-order valence-electron chi connectivity index (χ2n) is 7.68. The van der Waals surface area contributed by atoms with Gasteiger partial charge in [-0.3, -0.25) is 4.79 Å².